The predicted molar refractivity (Wildman–Crippen MR) is 33.7 cm³/mol. The summed E-state index contributed by atoms with van der Waals surface area (Å²) in [5, 5.41) is 9.37. The summed E-state index contributed by atoms with van der Waals surface area (Å²) in [6.07, 6.45) is 0.128. The summed E-state index contributed by atoms with van der Waals surface area (Å²) < 4.78 is 0. The van der Waals surface area contributed by atoms with Gasteiger partial charge in [0.2, 0.25) is 5.91 Å². The first-order valence-electron chi connectivity index (χ1n) is 2.90. The Kier molecular flexibility index (Phi) is 1.01. The summed E-state index contributed by atoms with van der Waals surface area (Å²) in [5.41, 5.74) is 0. The van der Waals surface area contributed by atoms with Gasteiger partial charge in [-0.1, -0.05) is 0 Å². The van der Waals surface area contributed by atoms with Crippen LogP contribution in [0.3, 0.4) is 0 Å². The summed E-state index contributed by atoms with van der Waals surface area (Å²) in [5.74, 6) is 0.786. The zero-order valence-corrected chi connectivity index (χ0v) is 5.60. The molecule has 3 nitrogen and oxygen atoms in total. The van der Waals surface area contributed by atoms with Crippen molar-refractivity contribution in [3.8, 4) is 0 Å². The van der Waals surface area contributed by atoms with Gasteiger partial charge in [0.1, 0.15) is 6.23 Å². The SMILES string of the molecule is O=C1C[C@@H]2SCC(O)N12. The molecule has 2 aliphatic rings. The van der Waals surface area contributed by atoms with Crippen molar-refractivity contribution in [2.75, 3.05) is 5.75 Å². The quantitative estimate of drug-likeness (QED) is 0.472. The number of amides is 1. The van der Waals surface area contributed by atoms with Crippen LogP contribution >= 0.6 is 11.8 Å². The monoisotopic (exact) mass is 145 g/mol. The van der Waals surface area contributed by atoms with E-state index in [4.69, 9.17) is 5.11 Å². The van der Waals surface area contributed by atoms with E-state index in [9.17, 15) is 4.79 Å². The molecule has 2 saturated heterocycles. The van der Waals surface area contributed by atoms with E-state index in [0.29, 0.717) is 17.5 Å². The Balaban J connectivity index is 2.14. The molecule has 0 aliphatic carbocycles. The number of carbonyl (C=O) groups excluding carboxylic acids is 1. The van der Waals surface area contributed by atoms with Gasteiger partial charge in [-0.2, -0.15) is 0 Å². The van der Waals surface area contributed by atoms with E-state index in [1.807, 2.05) is 0 Å². The number of rotatable bonds is 0. The molecule has 2 heterocycles. The van der Waals surface area contributed by atoms with Crippen LogP contribution in [0.15, 0.2) is 0 Å². The molecule has 2 atom stereocenters. The number of fused-ring (bicyclic) bond motifs is 1. The van der Waals surface area contributed by atoms with Crippen molar-refractivity contribution in [2.24, 2.45) is 0 Å². The highest BCUT2D eigenvalue weighted by Gasteiger charge is 2.45. The van der Waals surface area contributed by atoms with Crippen molar-refractivity contribution in [2.45, 2.75) is 18.0 Å². The van der Waals surface area contributed by atoms with Gasteiger partial charge in [0.15, 0.2) is 0 Å². The maximum Gasteiger partial charge on any atom is 0.228 e. The van der Waals surface area contributed by atoms with Crippen LogP contribution in [0.1, 0.15) is 6.42 Å². The Bertz CT molecular complexity index is 155. The number of carbonyl (C=O) groups is 1. The molecule has 0 spiro atoms. The van der Waals surface area contributed by atoms with Gasteiger partial charge in [0, 0.05) is 5.75 Å². The van der Waals surface area contributed by atoms with E-state index in [2.05, 4.69) is 0 Å². The third-order valence-electron chi connectivity index (χ3n) is 1.71. The molecule has 0 aromatic heterocycles. The highest BCUT2D eigenvalue weighted by atomic mass is 32.2. The van der Waals surface area contributed by atoms with Crippen molar-refractivity contribution < 1.29 is 9.90 Å². The van der Waals surface area contributed by atoms with Crippen LogP contribution in [0.25, 0.3) is 0 Å². The predicted octanol–water partition coefficient (Wildman–Crippen LogP) is -0.390. The number of nitrogens with zero attached hydrogens (tertiary/aromatic N) is 1. The number of β-lactam (4-membered cyclic amide) rings is 1. The fraction of sp³-hybridized carbons (Fsp3) is 0.800. The number of hydrogen-bond donors (Lipinski definition) is 1. The van der Waals surface area contributed by atoms with Crippen molar-refractivity contribution in [3.63, 3.8) is 0 Å². The van der Waals surface area contributed by atoms with Crippen LogP contribution in [0.4, 0.5) is 0 Å². The Labute approximate surface area is 57.0 Å². The van der Waals surface area contributed by atoms with Crippen LogP contribution in [0.5, 0.6) is 0 Å². The van der Waals surface area contributed by atoms with Crippen LogP contribution in [0, 0.1) is 0 Å². The van der Waals surface area contributed by atoms with E-state index in [1.165, 1.54) is 0 Å². The van der Waals surface area contributed by atoms with E-state index >= 15 is 0 Å². The number of aliphatic hydroxyl groups excluding tert-OH is 1. The van der Waals surface area contributed by atoms with Gasteiger partial charge in [0.25, 0.3) is 0 Å². The zero-order valence-electron chi connectivity index (χ0n) is 4.78. The fourth-order valence-electron chi connectivity index (χ4n) is 1.18. The van der Waals surface area contributed by atoms with E-state index < -0.39 is 6.23 Å². The largest absolute Gasteiger partial charge is 0.373 e. The third-order valence-corrected chi connectivity index (χ3v) is 2.98. The van der Waals surface area contributed by atoms with Gasteiger partial charge in [-0.3, -0.25) is 4.79 Å². The minimum Gasteiger partial charge on any atom is -0.373 e. The van der Waals surface area contributed by atoms with E-state index in [1.54, 1.807) is 16.7 Å². The molecular weight excluding hydrogens is 138 g/mol. The summed E-state index contributed by atoms with van der Waals surface area (Å²) in [4.78, 5) is 12.2. The van der Waals surface area contributed by atoms with Crippen LogP contribution in [-0.4, -0.2) is 33.3 Å². The smallest absolute Gasteiger partial charge is 0.228 e. The molecule has 2 fully saturated rings. The highest BCUT2D eigenvalue weighted by molar-refractivity contribution is 8.00. The molecular formula is C5H7NO2S. The Hall–Kier alpha value is -0.220. The van der Waals surface area contributed by atoms with Crippen molar-refractivity contribution >= 4 is 17.7 Å². The minimum absolute atomic E-state index is 0.0949. The molecule has 0 aromatic carbocycles. The van der Waals surface area contributed by atoms with Crippen LogP contribution in [-0.2, 0) is 4.79 Å². The molecule has 9 heavy (non-hydrogen) atoms. The molecule has 2 aliphatic heterocycles. The lowest BCUT2D eigenvalue weighted by molar-refractivity contribution is -0.151. The Morgan fingerprint density at radius 3 is 3.00 bits per heavy atom. The van der Waals surface area contributed by atoms with E-state index in [-0.39, 0.29) is 5.91 Å². The minimum atomic E-state index is -0.499. The fourth-order valence-corrected chi connectivity index (χ4v) is 2.41. The van der Waals surface area contributed by atoms with Gasteiger partial charge in [-0.25, -0.2) is 0 Å². The standard InChI is InChI=1S/C5H7NO2S/c7-3-1-5-6(3)4(8)2-9-5/h4-5,8H,1-2H2/t4?,5-/m0/s1. The molecule has 0 bridgehead atoms. The molecule has 0 saturated carbocycles. The lowest BCUT2D eigenvalue weighted by atomic mass is 10.2. The second-order valence-corrected chi connectivity index (χ2v) is 3.48. The first-order valence-corrected chi connectivity index (χ1v) is 3.95. The van der Waals surface area contributed by atoms with Gasteiger partial charge in [0.05, 0.1) is 11.8 Å². The molecule has 1 unspecified atom stereocenters. The Morgan fingerprint density at radius 2 is 2.56 bits per heavy atom. The Morgan fingerprint density at radius 1 is 1.78 bits per heavy atom. The maximum atomic E-state index is 10.7. The topological polar surface area (TPSA) is 40.5 Å². The average Bonchev–Trinajstić information content (AvgIpc) is 2.04. The summed E-state index contributed by atoms with van der Waals surface area (Å²) in [6.45, 7) is 0. The van der Waals surface area contributed by atoms with Gasteiger partial charge >= 0.3 is 0 Å². The van der Waals surface area contributed by atoms with Crippen LogP contribution in [0.2, 0.25) is 0 Å². The average molecular weight is 145 g/mol. The van der Waals surface area contributed by atoms with Crippen molar-refractivity contribution in [1.29, 1.82) is 0 Å². The molecule has 1 N–H and O–H groups in total. The molecule has 0 aromatic rings. The normalized spacial score (nSPS) is 40.6. The lowest BCUT2D eigenvalue weighted by Crippen LogP contribution is -2.51. The summed E-state index contributed by atoms with van der Waals surface area (Å²) in [7, 11) is 0. The molecule has 4 heteroatoms. The molecule has 50 valence electrons. The first-order chi connectivity index (χ1) is 4.29. The van der Waals surface area contributed by atoms with Gasteiger partial charge in [-0.15, -0.1) is 11.8 Å². The number of hydrogen-bond acceptors (Lipinski definition) is 3. The molecule has 1 amide bonds. The number of thioether (sulfide) groups is 1. The maximum absolute atomic E-state index is 10.7. The third kappa shape index (κ3) is 0.602. The van der Waals surface area contributed by atoms with Crippen LogP contribution < -0.4 is 0 Å². The second kappa shape index (κ2) is 1.64. The molecule has 0 radical (unpaired) electrons. The summed E-state index contributed by atoms with van der Waals surface area (Å²) >= 11 is 1.66. The van der Waals surface area contributed by atoms with E-state index in [0.717, 1.165) is 0 Å². The lowest BCUT2D eigenvalue weighted by Gasteiger charge is -2.35. The number of aliphatic hydroxyl groups is 1. The zero-order chi connectivity index (χ0) is 6.43. The second-order valence-electron chi connectivity index (χ2n) is 2.27. The summed E-state index contributed by atoms with van der Waals surface area (Å²) in [6, 6.07) is 0. The van der Waals surface area contributed by atoms with Gasteiger partial charge in [-0.05, 0) is 0 Å². The van der Waals surface area contributed by atoms with Crippen molar-refractivity contribution in [1.82, 2.24) is 4.90 Å². The molecule has 2 rings (SSSR count). The van der Waals surface area contributed by atoms with Gasteiger partial charge < -0.3 is 10.0 Å². The highest BCUT2D eigenvalue weighted by Crippen LogP contribution is 2.37. The first kappa shape index (κ1) is 5.56. The van der Waals surface area contributed by atoms with Crippen molar-refractivity contribution in [3.05, 3.63) is 0 Å².